The Kier molecular flexibility index (Phi) is 5.54. The number of ether oxygens (including phenoxy) is 1. The highest BCUT2D eigenvalue weighted by Crippen LogP contribution is 2.16. The van der Waals surface area contributed by atoms with E-state index in [9.17, 15) is 14.4 Å². The highest BCUT2D eigenvalue weighted by atomic mass is 16.5. The molecule has 0 aliphatic heterocycles. The maximum atomic E-state index is 12.8. The van der Waals surface area contributed by atoms with Gasteiger partial charge in [0.25, 0.3) is 11.5 Å². The molecular weight excluding hydrogens is 358 g/mol. The number of carbonyl (C=O) groups excluding carboxylic acids is 2. The molecule has 7 nitrogen and oxygen atoms in total. The lowest BCUT2D eigenvalue weighted by Crippen LogP contribution is -2.35. The molecule has 0 saturated carbocycles. The van der Waals surface area contributed by atoms with Gasteiger partial charge in [0.1, 0.15) is 0 Å². The van der Waals surface area contributed by atoms with Gasteiger partial charge in [-0.05, 0) is 18.6 Å². The second-order valence-electron chi connectivity index (χ2n) is 6.62. The fraction of sp³-hybridized carbons (Fsp3) is 0.238. The summed E-state index contributed by atoms with van der Waals surface area (Å²) in [6, 6.07) is 16.1. The van der Waals surface area contributed by atoms with Gasteiger partial charge in [-0.25, -0.2) is 9.48 Å². The average molecular weight is 379 g/mol. The Hall–Kier alpha value is -3.48. The van der Waals surface area contributed by atoms with Crippen LogP contribution in [0.25, 0.3) is 10.8 Å². The molecule has 1 amide bonds. The minimum absolute atomic E-state index is 0.00420. The maximum Gasteiger partial charge on any atom is 0.360 e. The van der Waals surface area contributed by atoms with E-state index in [0.29, 0.717) is 10.8 Å². The van der Waals surface area contributed by atoms with Gasteiger partial charge in [-0.3, -0.25) is 9.59 Å². The molecule has 0 aliphatic rings. The van der Waals surface area contributed by atoms with Crippen LogP contribution < -0.4 is 5.56 Å². The van der Waals surface area contributed by atoms with E-state index in [2.05, 4.69) is 5.10 Å². The minimum Gasteiger partial charge on any atom is -0.448 e. The predicted molar refractivity (Wildman–Crippen MR) is 105 cm³/mol. The second-order valence-corrected chi connectivity index (χ2v) is 6.62. The Morgan fingerprint density at radius 3 is 2.29 bits per heavy atom. The number of carbonyl (C=O) groups is 2. The standard InChI is InChI=1S/C21H21N3O4/c1-14(19(25)23(2)3)28-21(27)18-16-11-7-8-12-17(16)20(26)24(22-18)13-15-9-5-4-6-10-15/h4-12,14H,13H2,1-3H3/t14-/m0/s1. The van der Waals surface area contributed by atoms with Crippen molar-refractivity contribution in [2.45, 2.75) is 19.6 Å². The summed E-state index contributed by atoms with van der Waals surface area (Å²) in [6.45, 7) is 1.72. The molecular formula is C21H21N3O4. The third-order valence-corrected chi connectivity index (χ3v) is 4.31. The molecule has 144 valence electrons. The largest absolute Gasteiger partial charge is 0.448 e. The Bertz CT molecular complexity index is 1070. The molecule has 28 heavy (non-hydrogen) atoms. The first-order chi connectivity index (χ1) is 13.4. The van der Waals surface area contributed by atoms with Crippen LogP contribution in [0.4, 0.5) is 0 Å². The van der Waals surface area contributed by atoms with Crippen LogP contribution in [-0.2, 0) is 16.1 Å². The summed E-state index contributed by atoms with van der Waals surface area (Å²) in [4.78, 5) is 38.9. The molecule has 0 N–H and O–H groups in total. The zero-order valence-corrected chi connectivity index (χ0v) is 16.0. The molecule has 3 aromatic rings. The summed E-state index contributed by atoms with van der Waals surface area (Å²) in [5.41, 5.74) is 0.584. The van der Waals surface area contributed by atoms with Crippen LogP contribution in [0.2, 0.25) is 0 Å². The van der Waals surface area contributed by atoms with Gasteiger partial charge in [-0.15, -0.1) is 0 Å². The van der Waals surface area contributed by atoms with Crippen LogP contribution in [0.1, 0.15) is 23.0 Å². The quantitative estimate of drug-likeness (QED) is 0.634. The zero-order chi connectivity index (χ0) is 20.3. The van der Waals surface area contributed by atoms with Crippen molar-refractivity contribution in [2.24, 2.45) is 0 Å². The normalized spacial score (nSPS) is 11.8. The monoisotopic (exact) mass is 379 g/mol. The maximum absolute atomic E-state index is 12.8. The average Bonchev–Trinajstić information content (AvgIpc) is 2.70. The summed E-state index contributed by atoms with van der Waals surface area (Å²) in [5, 5.41) is 5.02. The Morgan fingerprint density at radius 2 is 1.64 bits per heavy atom. The number of rotatable bonds is 5. The molecule has 0 radical (unpaired) electrons. The van der Waals surface area contributed by atoms with Crippen LogP contribution in [0.5, 0.6) is 0 Å². The Labute approximate surface area is 162 Å². The van der Waals surface area contributed by atoms with Gasteiger partial charge in [-0.2, -0.15) is 5.10 Å². The van der Waals surface area contributed by atoms with E-state index in [1.807, 2.05) is 30.3 Å². The number of esters is 1. The molecule has 0 saturated heterocycles. The van der Waals surface area contributed by atoms with E-state index in [0.717, 1.165) is 5.56 Å². The van der Waals surface area contributed by atoms with Crippen LogP contribution in [-0.4, -0.2) is 46.8 Å². The third kappa shape index (κ3) is 3.93. The van der Waals surface area contributed by atoms with Crippen LogP contribution in [0.15, 0.2) is 59.4 Å². The topological polar surface area (TPSA) is 81.5 Å². The lowest BCUT2D eigenvalue weighted by atomic mass is 10.1. The van der Waals surface area contributed by atoms with E-state index in [1.165, 1.54) is 16.5 Å². The van der Waals surface area contributed by atoms with Crippen molar-refractivity contribution in [1.82, 2.24) is 14.7 Å². The van der Waals surface area contributed by atoms with Crippen molar-refractivity contribution < 1.29 is 14.3 Å². The molecule has 0 unspecified atom stereocenters. The van der Waals surface area contributed by atoms with Crippen molar-refractivity contribution in [2.75, 3.05) is 14.1 Å². The molecule has 0 fully saturated rings. The molecule has 1 atom stereocenters. The highest BCUT2D eigenvalue weighted by molar-refractivity contribution is 6.02. The molecule has 0 spiro atoms. The summed E-state index contributed by atoms with van der Waals surface area (Å²) in [6.07, 6.45) is -0.961. The van der Waals surface area contributed by atoms with Gasteiger partial charge in [0.05, 0.1) is 11.9 Å². The second kappa shape index (κ2) is 8.04. The Balaban J connectivity index is 2.03. The number of aromatic nitrogens is 2. The van der Waals surface area contributed by atoms with Crippen molar-refractivity contribution in [3.8, 4) is 0 Å². The van der Waals surface area contributed by atoms with E-state index in [4.69, 9.17) is 4.74 Å². The molecule has 1 heterocycles. The lowest BCUT2D eigenvalue weighted by molar-refractivity contribution is -0.137. The van der Waals surface area contributed by atoms with Crippen LogP contribution in [0.3, 0.4) is 0 Å². The Morgan fingerprint density at radius 1 is 1.04 bits per heavy atom. The number of hydrogen-bond donors (Lipinski definition) is 0. The summed E-state index contributed by atoms with van der Waals surface area (Å²) in [7, 11) is 3.17. The first kappa shape index (κ1) is 19.3. The van der Waals surface area contributed by atoms with Crippen LogP contribution in [0, 0.1) is 0 Å². The van der Waals surface area contributed by atoms with E-state index < -0.39 is 12.1 Å². The molecule has 2 aromatic carbocycles. The van der Waals surface area contributed by atoms with Gasteiger partial charge in [0.2, 0.25) is 0 Å². The van der Waals surface area contributed by atoms with Gasteiger partial charge < -0.3 is 9.64 Å². The van der Waals surface area contributed by atoms with Crippen molar-refractivity contribution >= 4 is 22.6 Å². The first-order valence-corrected chi connectivity index (χ1v) is 8.84. The number of likely N-dealkylation sites (N-methyl/N-ethyl adjacent to an activating group) is 1. The zero-order valence-electron chi connectivity index (χ0n) is 16.0. The number of nitrogens with zero attached hydrogens (tertiary/aromatic N) is 3. The molecule has 1 aromatic heterocycles. The number of hydrogen-bond acceptors (Lipinski definition) is 5. The lowest BCUT2D eigenvalue weighted by Gasteiger charge is -2.17. The van der Waals surface area contributed by atoms with Gasteiger partial charge in [-0.1, -0.05) is 48.5 Å². The van der Waals surface area contributed by atoms with E-state index >= 15 is 0 Å². The minimum atomic E-state index is -0.961. The predicted octanol–water partition coefficient (Wildman–Crippen LogP) is 2.08. The highest BCUT2D eigenvalue weighted by Gasteiger charge is 2.24. The number of amides is 1. The SMILES string of the molecule is C[C@H](OC(=O)c1nn(Cc2ccccc2)c(=O)c2ccccc12)C(=O)N(C)C. The fourth-order valence-electron chi connectivity index (χ4n) is 2.88. The van der Waals surface area contributed by atoms with Crippen molar-refractivity contribution in [3.63, 3.8) is 0 Å². The number of fused-ring (bicyclic) bond motifs is 1. The first-order valence-electron chi connectivity index (χ1n) is 8.84. The molecule has 3 rings (SSSR count). The van der Waals surface area contributed by atoms with Crippen molar-refractivity contribution in [1.29, 1.82) is 0 Å². The van der Waals surface area contributed by atoms with Gasteiger partial charge in [0, 0.05) is 19.5 Å². The van der Waals surface area contributed by atoms with Crippen molar-refractivity contribution in [3.05, 3.63) is 76.2 Å². The fourth-order valence-corrected chi connectivity index (χ4v) is 2.88. The summed E-state index contributed by atoms with van der Waals surface area (Å²) in [5.74, 6) is -1.09. The van der Waals surface area contributed by atoms with Gasteiger partial charge >= 0.3 is 5.97 Å². The van der Waals surface area contributed by atoms with E-state index in [1.54, 1.807) is 38.4 Å². The molecule has 7 heteroatoms. The smallest absolute Gasteiger partial charge is 0.360 e. The number of benzene rings is 2. The summed E-state index contributed by atoms with van der Waals surface area (Å²) < 4.78 is 6.55. The molecule has 0 bridgehead atoms. The molecule has 0 aliphatic carbocycles. The van der Waals surface area contributed by atoms with Crippen LogP contribution >= 0.6 is 0 Å². The van der Waals surface area contributed by atoms with E-state index in [-0.39, 0.29) is 23.7 Å². The van der Waals surface area contributed by atoms with Gasteiger partial charge in [0.15, 0.2) is 11.8 Å². The third-order valence-electron chi connectivity index (χ3n) is 4.31. The summed E-state index contributed by atoms with van der Waals surface area (Å²) >= 11 is 0.